The molecule has 0 unspecified atom stereocenters. The summed E-state index contributed by atoms with van der Waals surface area (Å²) in [6, 6.07) is 12.8. The van der Waals surface area contributed by atoms with Gasteiger partial charge in [-0.05, 0) is 68.2 Å². The molecule has 0 aliphatic heterocycles. The van der Waals surface area contributed by atoms with E-state index in [0.29, 0.717) is 26.1 Å². The fraction of sp³-hybridized carbons (Fsp3) is 0.579. The second-order valence-electron chi connectivity index (χ2n) is 15.6. The summed E-state index contributed by atoms with van der Waals surface area (Å²) in [7, 11) is 0. The molecule has 2 rings (SSSR count). The normalized spacial score (nSPS) is 12.7. The van der Waals surface area contributed by atoms with Crippen LogP contribution in [0.15, 0.2) is 48.6 Å². The van der Waals surface area contributed by atoms with E-state index in [1.165, 1.54) is 22.3 Å². The second kappa shape index (κ2) is 15.1. The van der Waals surface area contributed by atoms with E-state index in [1.54, 1.807) is 0 Å². The Kier molecular flexibility index (Phi) is 12.7. The van der Waals surface area contributed by atoms with Gasteiger partial charge in [-0.1, -0.05) is 95.2 Å². The molecule has 0 spiro atoms. The standard InChI is InChI=1S/C38H56O6/c1-35(2,3)27-21-28(36(4,5)6)24-31(23-27)41-17-13-19-43-33(39)15-16-34(40)44-20-14-18-42-32-25-29(37(7,8)9)22-30(26-32)38(10,11)12/h15-16,21-26H,13-14,17-20H2,1-12H3/b16-15-. The van der Waals surface area contributed by atoms with Crippen LogP contribution in [0.1, 0.15) is 118 Å². The van der Waals surface area contributed by atoms with Crippen LogP contribution in [-0.4, -0.2) is 38.4 Å². The molecular formula is C38H56O6. The van der Waals surface area contributed by atoms with Crippen LogP contribution >= 0.6 is 0 Å². The molecule has 0 fully saturated rings. The molecule has 0 N–H and O–H groups in total. The van der Waals surface area contributed by atoms with Crippen molar-refractivity contribution in [1.82, 2.24) is 0 Å². The highest BCUT2D eigenvalue weighted by atomic mass is 16.5. The summed E-state index contributed by atoms with van der Waals surface area (Å²) in [5.74, 6) is 0.441. The van der Waals surface area contributed by atoms with Crippen LogP contribution in [0.25, 0.3) is 0 Å². The smallest absolute Gasteiger partial charge is 0.331 e. The van der Waals surface area contributed by atoms with Crippen LogP contribution in [0.3, 0.4) is 0 Å². The van der Waals surface area contributed by atoms with Crippen molar-refractivity contribution < 1.29 is 28.5 Å². The Morgan fingerprint density at radius 1 is 0.477 bits per heavy atom. The number of rotatable bonds is 12. The van der Waals surface area contributed by atoms with Crippen LogP contribution in [0.5, 0.6) is 11.5 Å². The largest absolute Gasteiger partial charge is 0.493 e. The highest BCUT2D eigenvalue weighted by Crippen LogP contribution is 2.34. The molecule has 244 valence electrons. The fourth-order valence-electron chi connectivity index (χ4n) is 4.17. The molecule has 0 aliphatic rings. The third-order valence-electron chi connectivity index (χ3n) is 7.24. The highest BCUT2D eigenvalue weighted by Gasteiger charge is 2.22. The molecule has 0 amide bonds. The van der Waals surface area contributed by atoms with Crippen LogP contribution in [0, 0.1) is 0 Å². The number of esters is 2. The lowest BCUT2D eigenvalue weighted by molar-refractivity contribution is -0.140. The fourth-order valence-corrected chi connectivity index (χ4v) is 4.17. The Bertz CT molecular complexity index is 1110. The number of ether oxygens (including phenoxy) is 4. The Morgan fingerprint density at radius 3 is 1.00 bits per heavy atom. The molecule has 6 nitrogen and oxygen atoms in total. The Morgan fingerprint density at radius 2 is 0.750 bits per heavy atom. The minimum absolute atomic E-state index is 0.00523. The molecule has 0 saturated heterocycles. The minimum Gasteiger partial charge on any atom is -0.493 e. The number of hydrogen-bond donors (Lipinski definition) is 0. The maximum Gasteiger partial charge on any atom is 0.331 e. The summed E-state index contributed by atoms with van der Waals surface area (Å²) < 4.78 is 22.4. The topological polar surface area (TPSA) is 71.1 Å². The molecule has 0 atom stereocenters. The van der Waals surface area contributed by atoms with E-state index in [-0.39, 0.29) is 34.9 Å². The zero-order chi connectivity index (χ0) is 33.3. The summed E-state index contributed by atoms with van der Waals surface area (Å²) >= 11 is 0. The Labute approximate surface area is 266 Å². The summed E-state index contributed by atoms with van der Waals surface area (Å²) in [5.41, 5.74) is 4.90. The van der Waals surface area contributed by atoms with Crippen molar-refractivity contribution in [1.29, 1.82) is 0 Å². The van der Waals surface area contributed by atoms with Crippen molar-refractivity contribution >= 4 is 11.9 Å². The average Bonchev–Trinajstić information content (AvgIpc) is 2.89. The van der Waals surface area contributed by atoms with Gasteiger partial charge in [-0.3, -0.25) is 0 Å². The van der Waals surface area contributed by atoms with Crippen LogP contribution in [-0.2, 0) is 40.7 Å². The van der Waals surface area contributed by atoms with E-state index >= 15 is 0 Å². The summed E-state index contributed by atoms with van der Waals surface area (Å²) in [4.78, 5) is 24.1. The van der Waals surface area contributed by atoms with Crippen molar-refractivity contribution in [2.45, 2.75) is 118 Å². The maximum absolute atomic E-state index is 12.0. The van der Waals surface area contributed by atoms with E-state index in [4.69, 9.17) is 18.9 Å². The molecule has 0 radical (unpaired) electrons. The van der Waals surface area contributed by atoms with E-state index < -0.39 is 11.9 Å². The SMILES string of the molecule is CC(C)(C)c1cc(OCCCOC(=O)/C=C\C(=O)OCCCOc2cc(C(C)(C)C)cc(C(C)(C)C)c2)cc(C(C)(C)C)c1. The van der Waals surface area contributed by atoms with E-state index in [1.807, 2.05) is 0 Å². The molecule has 0 aliphatic carbocycles. The second-order valence-corrected chi connectivity index (χ2v) is 15.6. The first-order valence-corrected chi connectivity index (χ1v) is 15.8. The van der Waals surface area contributed by atoms with E-state index in [2.05, 4.69) is 119 Å². The first-order valence-electron chi connectivity index (χ1n) is 15.8. The maximum atomic E-state index is 12.0. The molecule has 2 aromatic rings. The number of hydrogen-bond acceptors (Lipinski definition) is 6. The molecule has 2 aromatic carbocycles. The lowest BCUT2D eigenvalue weighted by Gasteiger charge is -2.26. The lowest BCUT2D eigenvalue weighted by atomic mass is 9.80. The van der Waals surface area contributed by atoms with Crippen molar-refractivity contribution in [2.24, 2.45) is 0 Å². The van der Waals surface area contributed by atoms with Crippen LogP contribution in [0.2, 0.25) is 0 Å². The number of carbonyl (C=O) groups is 2. The average molecular weight is 609 g/mol. The summed E-state index contributed by atoms with van der Waals surface area (Å²) in [6.07, 6.45) is 3.25. The lowest BCUT2D eigenvalue weighted by Crippen LogP contribution is -2.17. The quantitative estimate of drug-likeness (QED) is 0.136. The zero-order valence-corrected chi connectivity index (χ0v) is 29.3. The van der Waals surface area contributed by atoms with Gasteiger partial charge in [0.1, 0.15) is 11.5 Å². The summed E-state index contributed by atoms with van der Waals surface area (Å²) in [5, 5.41) is 0. The van der Waals surface area contributed by atoms with Gasteiger partial charge >= 0.3 is 11.9 Å². The van der Waals surface area contributed by atoms with Crippen molar-refractivity contribution in [3.8, 4) is 11.5 Å². The van der Waals surface area contributed by atoms with Gasteiger partial charge in [0.25, 0.3) is 0 Å². The molecule has 6 heteroatoms. The Hall–Kier alpha value is -3.28. The van der Waals surface area contributed by atoms with Gasteiger partial charge in [-0.2, -0.15) is 0 Å². The molecule has 44 heavy (non-hydrogen) atoms. The van der Waals surface area contributed by atoms with E-state index in [0.717, 1.165) is 23.7 Å². The summed E-state index contributed by atoms with van der Waals surface area (Å²) in [6.45, 7) is 27.4. The van der Waals surface area contributed by atoms with Gasteiger partial charge in [-0.25, -0.2) is 9.59 Å². The molecule has 0 bridgehead atoms. The van der Waals surface area contributed by atoms with Crippen LogP contribution < -0.4 is 9.47 Å². The number of carbonyl (C=O) groups excluding carboxylic acids is 2. The number of benzene rings is 2. The predicted octanol–water partition coefficient (Wildman–Crippen LogP) is 8.76. The Balaban J connectivity index is 1.72. The third kappa shape index (κ3) is 12.8. The molecule has 0 saturated carbocycles. The van der Waals surface area contributed by atoms with Gasteiger partial charge in [-0.15, -0.1) is 0 Å². The molecule has 0 aromatic heterocycles. The van der Waals surface area contributed by atoms with Crippen molar-refractivity contribution in [3.05, 3.63) is 70.8 Å². The van der Waals surface area contributed by atoms with Crippen molar-refractivity contribution in [3.63, 3.8) is 0 Å². The van der Waals surface area contributed by atoms with Crippen LogP contribution in [0.4, 0.5) is 0 Å². The first kappa shape index (κ1) is 36.9. The molecule has 0 heterocycles. The molecular weight excluding hydrogens is 552 g/mol. The predicted molar refractivity (Wildman–Crippen MR) is 179 cm³/mol. The van der Waals surface area contributed by atoms with Crippen molar-refractivity contribution in [2.75, 3.05) is 26.4 Å². The van der Waals surface area contributed by atoms with Gasteiger partial charge < -0.3 is 18.9 Å². The zero-order valence-electron chi connectivity index (χ0n) is 29.3. The first-order chi connectivity index (χ1) is 20.2. The van der Waals surface area contributed by atoms with E-state index in [9.17, 15) is 9.59 Å². The van der Waals surface area contributed by atoms with Gasteiger partial charge in [0.2, 0.25) is 0 Å². The van der Waals surface area contributed by atoms with Gasteiger partial charge in [0.05, 0.1) is 26.4 Å². The third-order valence-corrected chi connectivity index (χ3v) is 7.24. The highest BCUT2D eigenvalue weighted by molar-refractivity contribution is 5.91. The monoisotopic (exact) mass is 608 g/mol. The van der Waals surface area contributed by atoms with Gasteiger partial charge in [0.15, 0.2) is 0 Å². The minimum atomic E-state index is -0.594. The van der Waals surface area contributed by atoms with Gasteiger partial charge in [0, 0.05) is 25.0 Å².